The highest BCUT2D eigenvalue weighted by atomic mass is 32.1. The first kappa shape index (κ1) is 25.2. The van der Waals surface area contributed by atoms with Gasteiger partial charge in [0.25, 0.3) is 5.91 Å². The van der Waals surface area contributed by atoms with Crippen LogP contribution in [0.1, 0.15) is 45.7 Å². The normalized spacial score (nSPS) is 14.9. The average molecular weight is 513 g/mol. The highest BCUT2D eigenvalue weighted by Gasteiger charge is 2.34. The summed E-state index contributed by atoms with van der Waals surface area (Å²) < 4.78 is 5.53. The molecule has 1 unspecified atom stereocenters. The molecule has 37 heavy (non-hydrogen) atoms. The summed E-state index contributed by atoms with van der Waals surface area (Å²) in [4.78, 5) is 32.8. The number of amides is 2. The van der Waals surface area contributed by atoms with E-state index >= 15 is 0 Å². The minimum atomic E-state index is -0.137. The Balaban J connectivity index is 1.43. The molecule has 4 aromatic rings. The van der Waals surface area contributed by atoms with Crippen LogP contribution in [0.25, 0.3) is 10.8 Å². The van der Waals surface area contributed by atoms with E-state index < -0.39 is 0 Å². The molecule has 5 rings (SSSR count). The van der Waals surface area contributed by atoms with Crippen LogP contribution in [0, 0.1) is 0 Å². The first-order chi connectivity index (χ1) is 18.2. The summed E-state index contributed by atoms with van der Waals surface area (Å²) in [6, 6.07) is 25.9. The second-order valence-electron chi connectivity index (χ2n) is 9.25. The van der Waals surface area contributed by atoms with Crippen molar-refractivity contribution in [3.63, 3.8) is 0 Å². The van der Waals surface area contributed by atoms with Crippen LogP contribution >= 0.6 is 11.3 Å². The largest absolute Gasteiger partial charge is 0.382 e. The van der Waals surface area contributed by atoms with Crippen LogP contribution in [0.5, 0.6) is 0 Å². The molecule has 5 nitrogen and oxygen atoms in total. The third-order valence-corrected chi connectivity index (χ3v) is 7.95. The number of carbonyl (C=O) groups is 2. The predicted octanol–water partition coefficient (Wildman–Crippen LogP) is 5.94. The Bertz CT molecular complexity index is 1360. The lowest BCUT2D eigenvalue weighted by Crippen LogP contribution is -2.47. The van der Waals surface area contributed by atoms with E-state index in [1.807, 2.05) is 72.5 Å². The Morgan fingerprint density at radius 1 is 1.00 bits per heavy atom. The molecule has 0 saturated heterocycles. The fourth-order valence-electron chi connectivity index (χ4n) is 5.17. The van der Waals surface area contributed by atoms with Gasteiger partial charge in [-0.05, 0) is 59.2 Å². The van der Waals surface area contributed by atoms with Gasteiger partial charge in [0.1, 0.15) is 6.54 Å². The van der Waals surface area contributed by atoms with Crippen molar-refractivity contribution in [2.45, 2.75) is 25.8 Å². The Morgan fingerprint density at radius 3 is 2.62 bits per heavy atom. The summed E-state index contributed by atoms with van der Waals surface area (Å²) >= 11 is 1.75. The number of hydrogen-bond donors (Lipinski definition) is 0. The first-order valence-corrected chi connectivity index (χ1v) is 13.8. The number of thiophene rings is 1. The summed E-state index contributed by atoms with van der Waals surface area (Å²) in [6.07, 6.45) is 1.51. The molecule has 0 bridgehead atoms. The molecule has 0 saturated carbocycles. The zero-order valence-electron chi connectivity index (χ0n) is 21.1. The molecule has 190 valence electrons. The van der Waals surface area contributed by atoms with E-state index in [4.69, 9.17) is 4.74 Å². The smallest absolute Gasteiger partial charge is 0.254 e. The topological polar surface area (TPSA) is 49.9 Å². The van der Waals surface area contributed by atoms with Gasteiger partial charge in [0.15, 0.2) is 0 Å². The van der Waals surface area contributed by atoms with Gasteiger partial charge >= 0.3 is 0 Å². The Labute approximate surface area is 222 Å². The van der Waals surface area contributed by atoms with E-state index in [1.165, 1.54) is 10.4 Å². The van der Waals surface area contributed by atoms with Crippen LogP contribution < -0.4 is 0 Å². The second kappa shape index (κ2) is 11.7. The summed E-state index contributed by atoms with van der Waals surface area (Å²) in [7, 11) is 0. The van der Waals surface area contributed by atoms with Gasteiger partial charge in [0.2, 0.25) is 5.91 Å². The van der Waals surface area contributed by atoms with Crippen LogP contribution in [-0.4, -0.2) is 54.5 Å². The van der Waals surface area contributed by atoms with Crippen LogP contribution in [0.2, 0.25) is 0 Å². The van der Waals surface area contributed by atoms with E-state index in [1.54, 1.807) is 16.2 Å². The maximum absolute atomic E-state index is 13.9. The average Bonchev–Trinajstić information content (AvgIpc) is 3.43. The summed E-state index contributed by atoms with van der Waals surface area (Å²) in [5.41, 5.74) is 2.92. The molecule has 2 heterocycles. The zero-order chi connectivity index (χ0) is 25.6. The lowest BCUT2D eigenvalue weighted by molar-refractivity contribution is -0.134. The lowest BCUT2D eigenvalue weighted by atomic mass is 9.93. The zero-order valence-corrected chi connectivity index (χ0v) is 22.0. The van der Waals surface area contributed by atoms with Gasteiger partial charge in [-0.25, -0.2) is 0 Å². The van der Waals surface area contributed by atoms with Gasteiger partial charge in [-0.3, -0.25) is 9.59 Å². The monoisotopic (exact) mass is 512 g/mol. The quantitative estimate of drug-likeness (QED) is 0.261. The second-order valence-corrected chi connectivity index (χ2v) is 10.3. The van der Waals surface area contributed by atoms with Gasteiger partial charge < -0.3 is 14.5 Å². The minimum absolute atomic E-state index is 0.0318. The predicted molar refractivity (Wildman–Crippen MR) is 149 cm³/mol. The van der Waals surface area contributed by atoms with E-state index in [0.29, 0.717) is 38.3 Å². The number of carbonyl (C=O) groups excluding carboxylic acids is 2. The van der Waals surface area contributed by atoms with Gasteiger partial charge in [0.05, 0.1) is 6.04 Å². The van der Waals surface area contributed by atoms with Crippen LogP contribution in [0.4, 0.5) is 0 Å². The maximum Gasteiger partial charge on any atom is 0.254 e. The molecule has 1 atom stereocenters. The van der Waals surface area contributed by atoms with Crippen molar-refractivity contribution in [3.05, 3.63) is 106 Å². The fourth-order valence-corrected chi connectivity index (χ4v) is 6.07. The van der Waals surface area contributed by atoms with E-state index in [-0.39, 0.29) is 24.4 Å². The van der Waals surface area contributed by atoms with Crippen molar-refractivity contribution in [2.75, 3.05) is 32.8 Å². The van der Waals surface area contributed by atoms with Crippen LogP contribution in [0.3, 0.4) is 0 Å². The molecule has 1 aromatic heterocycles. The molecule has 6 heteroatoms. The number of benzene rings is 3. The van der Waals surface area contributed by atoms with E-state index in [0.717, 1.165) is 22.8 Å². The standard InChI is InChI=1S/C31H32N2O3S/c1-2-36-20-9-18-32(31(35)26-15-8-13-23-10-6-7-14-25(23)26)22-29(34)33-19-16-28-27(17-21-37-28)30(33)24-11-4-3-5-12-24/h3-8,10-15,17,21,30H,2,9,16,18-20,22H2,1H3. The van der Waals surface area contributed by atoms with E-state index in [2.05, 4.69) is 23.6 Å². The van der Waals surface area contributed by atoms with E-state index in [9.17, 15) is 9.59 Å². The molecular weight excluding hydrogens is 480 g/mol. The van der Waals surface area contributed by atoms with Crippen molar-refractivity contribution in [1.29, 1.82) is 0 Å². The van der Waals surface area contributed by atoms with Crippen molar-refractivity contribution in [1.82, 2.24) is 9.80 Å². The molecule has 1 aliphatic rings. The Hall–Kier alpha value is -3.48. The van der Waals surface area contributed by atoms with Gasteiger partial charge in [-0.1, -0.05) is 66.7 Å². The van der Waals surface area contributed by atoms with Crippen LogP contribution in [0.15, 0.2) is 84.2 Å². The molecule has 1 aliphatic heterocycles. The highest BCUT2D eigenvalue weighted by Crippen LogP contribution is 2.37. The van der Waals surface area contributed by atoms with Gasteiger partial charge in [0, 0.05) is 36.7 Å². The number of fused-ring (bicyclic) bond motifs is 2. The van der Waals surface area contributed by atoms with Gasteiger partial charge in [-0.2, -0.15) is 0 Å². The number of rotatable bonds is 9. The third-order valence-electron chi connectivity index (χ3n) is 6.96. The molecule has 3 aromatic carbocycles. The molecule has 0 spiro atoms. The Morgan fingerprint density at radius 2 is 1.78 bits per heavy atom. The Kier molecular flexibility index (Phi) is 7.97. The number of hydrogen-bond acceptors (Lipinski definition) is 4. The molecule has 0 radical (unpaired) electrons. The lowest BCUT2D eigenvalue weighted by Gasteiger charge is -2.37. The summed E-state index contributed by atoms with van der Waals surface area (Å²) in [6.45, 7) is 4.28. The van der Waals surface area contributed by atoms with Crippen molar-refractivity contribution in [3.8, 4) is 0 Å². The third kappa shape index (κ3) is 5.45. The fraction of sp³-hybridized carbons (Fsp3) is 0.290. The summed E-state index contributed by atoms with van der Waals surface area (Å²) in [5, 5.41) is 4.03. The minimum Gasteiger partial charge on any atom is -0.382 e. The molecule has 0 N–H and O–H groups in total. The van der Waals surface area contributed by atoms with Crippen molar-refractivity contribution in [2.24, 2.45) is 0 Å². The van der Waals surface area contributed by atoms with Crippen molar-refractivity contribution >= 4 is 33.9 Å². The maximum atomic E-state index is 13.9. The molecule has 2 amide bonds. The van der Waals surface area contributed by atoms with Crippen molar-refractivity contribution < 1.29 is 14.3 Å². The highest BCUT2D eigenvalue weighted by molar-refractivity contribution is 7.10. The number of ether oxygens (including phenoxy) is 1. The molecule has 0 fully saturated rings. The molecule has 0 aliphatic carbocycles. The number of nitrogens with zero attached hydrogens (tertiary/aromatic N) is 2. The SMILES string of the molecule is CCOCCCN(CC(=O)N1CCc2sccc2C1c1ccccc1)C(=O)c1cccc2ccccc12. The van der Waals surface area contributed by atoms with Crippen LogP contribution in [-0.2, 0) is 16.0 Å². The van der Waals surface area contributed by atoms with Gasteiger partial charge in [-0.15, -0.1) is 11.3 Å². The summed E-state index contributed by atoms with van der Waals surface area (Å²) in [5.74, 6) is -0.151. The molecular formula is C31H32N2O3S. The first-order valence-electron chi connectivity index (χ1n) is 12.9.